The number of hydrogen-bond donors (Lipinski definition) is 5. The van der Waals surface area contributed by atoms with E-state index in [1.165, 1.54) is 0 Å². The van der Waals surface area contributed by atoms with Crippen molar-refractivity contribution in [3.63, 3.8) is 0 Å². The Morgan fingerprint density at radius 1 is 1.11 bits per heavy atom. The SMILES string of the molecule is COc1ccc2c(c1)C(c1ccc(Cl)cc1)=N[C@@H](CC(=O)NCCNC(=O)c1ccc3scc([Si](C)(C)O)c3c1)C(N)N2C(C)N. The maximum atomic E-state index is 13.2. The molecule has 1 aliphatic heterocycles. The van der Waals surface area contributed by atoms with E-state index in [9.17, 15) is 14.4 Å². The Morgan fingerprint density at radius 2 is 1.83 bits per heavy atom. The second kappa shape index (κ2) is 13.9. The molecule has 0 fully saturated rings. The lowest BCUT2D eigenvalue weighted by atomic mass is 9.99. The molecule has 3 atom stereocenters. The third kappa shape index (κ3) is 7.27. The summed E-state index contributed by atoms with van der Waals surface area (Å²) in [6.45, 7) is 6.01. The van der Waals surface area contributed by atoms with Crippen molar-refractivity contribution in [3.8, 4) is 5.75 Å². The van der Waals surface area contributed by atoms with Gasteiger partial charge in [-0.05, 0) is 84.5 Å². The number of hydrogen-bond acceptors (Lipinski definition) is 9. The zero-order valence-corrected chi connectivity index (χ0v) is 28.8. The average Bonchev–Trinajstić information content (AvgIpc) is 3.41. The molecule has 242 valence electrons. The molecule has 0 saturated heterocycles. The van der Waals surface area contributed by atoms with Gasteiger partial charge in [-0.2, -0.15) is 0 Å². The van der Waals surface area contributed by atoms with Gasteiger partial charge in [-0.3, -0.25) is 14.6 Å². The standard InChI is InChI=1S/C33H39ClN6O4SSi/c1-19(35)40-27-11-10-23(44-2)16-24(27)31(20-5-8-22(34)9-6-20)39-26(32(40)36)17-30(41)37-13-14-38-33(42)21-7-12-28-25(15-21)29(18-45-28)46(3,4)43/h5-12,15-16,18-19,26,32,43H,13-14,17,35-36H2,1-4H3,(H,37,41)(H,38,42)/t19?,26-,32?/m0/s1. The molecule has 2 unspecified atom stereocenters. The van der Waals surface area contributed by atoms with Crippen LogP contribution in [0.4, 0.5) is 5.69 Å². The van der Waals surface area contributed by atoms with E-state index < -0.39 is 26.7 Å². The minimum atomic E-state index is -2.54. The highest BCUT2D eigenvalue weighted by Gasteiger charge is 2.34. The van der Waals surface area contributed by atoms with Crippen molar-refractivity contribution in [1.29, 1.82) is 0 Å². The van der Waals surface area contributed by atoms with Crippen molar-refractivity contribution in [2.45, 2.75) is 44.8 Å². The van der Waals surface area contributed by atoms with Crippen LogP contribution in [-0.4, -0.2) is 69.2 Å². The van der Waals surface area contributed by atoms with Crippen LogP contribution in [0, 0.1) is 0 Å². The molecule has 1 aliphatic rings. The lowest BCUT2D eigenvalue weighted by Gasteiger charge is -2.36. The molecular formula is C33H39ClN6O4SSi. The smallest absolute Gasteiger partial charge is 0.251 e. The van der Waals surface area contributed by atoms with Crippen LogP contribution in [-0.2, 0) is 4.79 Å². The van der Waals surface area contributed by atoms with Crippen LogP contribution in [0.5, 0.6) is 5.75 Å². The molecule has 0 spiro atoms. The molecule has 4 aromatic rings. The highest BCUT2D eigenvalue weighted by Crippen LogP contribution is 2.34. The van der Waals surface area contributed by atoms with E-state index in [0.29, 0.717) is 22.0 Å². The van der Waals surface area contributed by atoms with Crippen molar-refractivity contribution in [2.24, 2.45) is 16.5 Å². The molecule has 0 bridgehead atoms. The lowest BCUT2D eigenvalue weighted by Crippen LogP contribution is -2.56. The molecule has 0 radical (unpaired) electrons. The number of anilines is 1. The molecular weight excluding hydrogens is 640 g/mol. The summed E-state index contributed by atoms with van der Waals surface area (Å²) >= 11 is 7.74. The molecule has 46 heavy (non-hydrogen) atoms. The predicted octanol–water partition coefficient (Wildman–Crippen LogP) is 3.52. The van der Waals surface area contributed by atoms with Gasteiger partial charge in [0.05, 0.1) is 31.4 Å². The van der Waals surface area contributed by atoms with Crippen LogP contribution >= 0.6 is 22.9 Å². The number of benzene rings is 3. The van der Waals surface area contributed by atoms with Crippen LogP contribution in [0.25, 0.3) is 10.1 Å². The van der Waals surface area contributed by atoms with Crippen LogP contribution in [0.2, 0.25) is 18.1 Å². The van der Waals surface area contributed by atoms with Crippen molar-refractivity contribution in [1.82, 2.24) is 10.6 Å². The fourth-order valence-corrected chi connectivity index (χ4v) is 8.82. The van der Waals surface area contributed by atoms with Gasteiger partial charge < -0.3 is 36.5 Å². The van der Waals surface area contributed by atoms with Crippen molar-refractivity contribution < 1.29 is 19.1 Å². The Bertz CT molecular complexity index is 1770. The number of methoxy groups -OCH3 is 1. The Kier molecular flexibility index (Phi) is 10.2. The first-order valence-electron chi connectivity index (χ1n) is 15.0. The van der Waals surface area contributed by atoms with Crippen molar-refractivity contribution in [2.75, 3.05) is 25.1 Å². The number of carbonyl (C=O) groups is 2. The van der Waals surface area contributed by atoms with Gasteiger partial charge in [0.2, 0.25) is 14.2 Å². The number of nitrogens with zero attached hydrogens (tertiary/aromatic N) is 2. The van der Waals surface area contributed by atoms with Gasteiger partial charge in [-0.15, -0.1) is 11.3 Å². The molecule has 2 heterocycles. The van der Waals surface area contributed by atoms with E-state index in [1.807, 2.05) is 72.8 Å². The van der Waals surface area contributed by atoms with Gasteiger partial charge in [-0.25, -0.2) is 0 Å². The van der Waals surface area contributed by atoms with Crippen LogP contribution in [0.1, 0.15) is 34.8 Å². The topological polar surface area (TPSA) is 155 Å². The Morgan fingerprint density at radius 3 is 2.50 bits per heavy atom. The Balaban J connectivity index is 1.30. The number of amides is 2. The maximum Gasteiger partial charge on any atom is 0.251 e. The first kappa shape index (κ1) is 33.6. The molecule has 2 amide bonds. The summed E-state index contributed by atoms with van der Waals surface area (Å²) in [4.78, 5) is 43.7. The highest BCUT2D eigenvalue weighted by molar-refractivity contribution is 7.19. The molecule has 13 heteroatoms. The minimum absolute atomic E-state index is 0.00101. The number of carbonyl (C=O) groups excluding carboxylic acids is 2. The second-order valence-corrected chi connectivity index (χ2v) is 16.8. The molecule has 5 rings (SSSR count). The fraction of sp³-hybridized carbons (Fsp3) is 0.303. The van der Waals surface area contributed by atoms with Crippen LogP contribution < -0.4 is 36.9 Å². The Hall–Kier alpha value is -3.78. The summed E-state index contributed by atoms with van der Waals surface area (Å²) in [5.74, 6) is 0.127. The van der Waals surface area contributed by atoms with Gasteiger partial charge in [0.25, 0.3) is 5.91 Å². The zero-order valence-electron chi connectivity index (χ0n) is 26.2. The largest absolute Gasteiger partial charge is 0.497 e. The number of thiophene rings is 1. The van der Waals surface area contributed by atoms with Gasteiger partial charge in [0.15, 0.2) is 0 Å². The van der Waals surface area contributed by atoms with Gasteiger partial charge in [0.1, 0.15) is 11.9 Å². The number of fused-ring (bicyclic) bond motifs is 2. The van der Waals surface area contributed by atoms with E-state index >= 15 is 0 Å². The van der Waals surface area contributed by atoms with Gasteiger partial charge in [-0.1, -0.05) is 23.7 Å². The van der Waals surface area contributed by atoms with E-state index in [4.69, 9.17) is 32.8 Å². The molecule has 10 nitrogen and oxygen atoms in total. The van der Waals surface area contributed by atoms with E-state index in [-0.39, 0.29) is 31.3 Å². The van der Waals surface area contributed by atoms with E-state index in [0.717, 1.165) is 32.1 Å². The third-order valence-corrected chi connectivity index (χ3v) is 11.1. The van der Waals surface area contributed by atoms with Crippen LogP contribution in [0.15, 0.2) is 71.0 Å². The summed E-state index contributed by atoms with van der Waals surface area (Å²) in [5, 5.41) is 10.1. The lowest BCUT2D eigenvalue weighted by molar-refractivity contribution is -0.121. The minimum Gasteiger partial charge on any atom is -0.497 e. The summed E-state index contributed by atoms with van der Waals surface area (Å²) in [5.41, 5.74) is 16.7. The number of aliphatic imine (C=N–C) groups is 1. The Labute approximate surface area is 278 Å². The number of nitrogens with one attached hydrogen (secondary N) is 2. The number of halogens is 1. The number of nitrogens with two attached hydrogens (primary N) is 2. The molecule has 1 aromatic heterocycles. The quantitative estimate of drug-likeness (QED) is 0.127. The first-order valence-corrected chi connectivity index (χ1v) is 19.2. The van der Waals surface area contributed by atoms with Crippen molar-refractivity contribution >= 4 is 69.7 Å². The van der Waals surface area contributed by atoms with Crippen LogP contribution in [0.3, 0.4) is 0 Å². The van der Waals surface area contributed by atoms with E-state index in [2.05, 4.69) is 10.6 Å². The fourth-order valence-electron chi connectivity index (χ4n) is 5.60. The maximum absolute atomic E-state index is 13.2. The van der Waals surface area contributed by atoms with E-state index in [1.54, 1.807) is 36.6 Å². The van der Waals surface area contributed by atoms with Gasteiger partial charge in [0, 0.05) is 45.2 Å². The second-order valence-electron chi connectivity index (χ2n) is 11.8. The predicted molar refractivity (Wildman–Crippen MR) is 189 cm³/mol. The average molecular weight is 679 g/mol. The highest BCUT2D eigenvalue weighted by atomic mass is 35.5. The summed E-state index contributed by atoms with van der Waals surface area (Å²) in [7, 11) is -0.945. The normalized spacial score (nSPS) is 17.1. The van der Waals surface area contributed by atoms with Crippen molar-refractivity contribution in [3.05, 3.63) is 87.8 Å². The number of rotatable bonds is 10. The zero-order chi connectivity index (χ0) is 33.2. The number of benzodiazepines with no additional fused rings is 1. The summed E-state index contributed by atoms with van der Waals surface area (Å²) < 4.78 is 6.54. The molecule has 0 saturated carbocycles. The first-order chi connectivity index (χ1) is 21.9. The summed E-state index contributed by atoms with van der Waals surface area (Å²) in [6.07, 6.45) is -1.18. The molecule has 7 N–H and O–H groups in total. The monoisotopic (exact) mass is 678 g/mol. The molecule has 3 aromatic carbocycles. The van der Waals surface area contributed by atoms with Gasteiger partial charge >= 0.3 is 0 Å². The third-order valence-electron chi connectivity index (χ3n) is 7.93. The molecule has 0 aliphatic carbocycles. The summed E-state index contributed by atoms with van der Waals surface area (Å²) in [6, 6.07) is 17.8. The number of ether oxygens (including phenoxy) is 1.